The third-order valence-electron chi connectivity index (χ3n) is 3.76. The summed E-state index contributed by atoms with van der Waals surface area (Å²) in [7, 11) is -3.21. The van der Waals surface area contributed by atoms with Gasteiger partial charge in [0.25, 0.3) is 0 Å². The molecule has 0 aliphatic carbocycles. The molecule has 0 spiro atoms. The zero-order valence-electron chi connectivity index (χ0n) is 11.9. The Labute approximate surface area is 120 Å². The number of amides is 1. The molecular formula is C12H23N3O4S. The van der Waals surface area contributed by atoms with Gasteiger partial charge in [-0.15, -0.1) is 0 Å². The number of aliphatic hydroxyl groups excluding tert-OH is 1. The smallest absolute Gasteiger partial charge is 0.237 e. The van der Waals surface area contributed by atoms with E-state index in [9.17, 15) is 18.3 Å². The standard InChI is InChI=1S/C12H23N3O4S/c1-11(16)9-13-4-6-14(7-5-13)12(17)10-15-3-2-8-20(15,18)19/h11,16H,2-10H2,1H3. The summed E-state index contributed by atoms with van der Waals surface area (Å²) in [5.74, 6) is 0.0368. The van der Waals surface area contributed by atoms with Crippen LogP contribution in [0.4, 0.5) is 0 Å². The van der Waals surface area contributed by atoms with Crippen LogP contribution >= 0.6 is 0 Å². The number of rotatable bonds is 4. The molecule has 1 N–H and O–H groups in total. The first-order valence-corrected chi connectivity index (χ1v) is 8.65. The van der Waals surface area contributed by atoms with Crippen LogP contribution in [-0.2, 0) is 14.8 Å². The number of carbonyl (C=O) groups is 1. The first kappa shape index (κ1) is 15.7. The fourth-order valence-corrected chi connectivity index (χ4v) is 4.14. The second-order valence-electron chi connectivity index (χ2n) is 5.53. The van der Waals surface area contributed by atoms with Crippen molar-refractivity contribution in [2.75, 3.05) is 51.6 Å². The molecule has 0 aromatic carbocycles. The minimum atomic E-state index is -3.21. The number of aliphatic hydroxyl groups is 1. The molecule has 2 heterocycles. The van der Waals surface area contributed by atoms with Crippen LogP contribution in [0.3, 0.4) is 0 Å². The van der Waals surface area contributed by atoms with Crippen molar-refractivity contribution in [2.45, 2.75) is 19.4 Å². The van der Waals surface area contributed by atoms with E-state index in [1.165, 1.54) is 4.31 Å². The lowest BCUT2D eigenvalue weighted by atomic mass is 10.2. The lowest BCUT2D eigenvalue weighted by Crippen LogP contribution is -2.52. The summed E-state index contributed by atoms with van der Waals surface area (Å²) in [4.78, 5) is 15.9. The van der Waals surface area contributed by atoms with Gasteiger partial charge in [-0.25, -0.2) is 8.42 Å². The highest BCUT2D eigenvalue weighted by atomic mass is 32.2. The molecule has 2 aliphatic heterocycles. The summed E-state index contributed by atoms with van der Waals surface area (Å²) >= 11 is 0. The van der Waals surface area contributed by atoms with E-state index >= 15 is 0 Å². The van der Waals surface area contributed by atoms with Gasteiger partial charge in [0.1, 0.15) is 0 Å². The van der Waals surface area contributed by atoms with E-state index in [-0.39, 0.29) is 24.3 Å². The lowest BCUT2D eigenvalue weighted by molar-refractivity contribution is -0.133. The van der Waals surface area contributed by atoms with E-state index in [1.54, 1.807) is 11.8 Å². The maximum atomic E-state index is 12.1. The summed E-state index contributed by atoms with van der Waals surface area (Å²) in [6.07, 6.45) is 0.240. The highest BCUT2D eigenvalue weighted by Crippen LogP contribution is 2.13. The minimum Gasteiger partial charge on any atom is -0.392 e. The van der Waals surface area contributed by atoms with Crippen molar-refractivity contribution in [3.63, 3.8) is 0 Å². The summed E-state index contributed by atoms with van der Waals surface area (Å²) < 4.78 is 24.6. The Morgan fingerprint density at radius 3 is 2.35 bits per heavy atom. The first-order chi connectivity index (χ1) is 9.38. The third kappa shape index (κ3) is 3.91. The zero-order chi connectivity index (χ0) is 14.8. The van der Waals surface area contributed by atoms with Gasteiger partial charge in [-0.2, -0.15) is 4.31 Å². The van der Waals surface area contributed by atoms with Crippen LogP contribution in [-0.4, -0.2) is 91.2 Å². The number of sulfonamides is 1. The van der Waals surface area contributed by atoms with Gasteiger partial charge in [-0.05, 0) is 13.3 Å². The van der Waals surface area contributed by atoms with Crippen molar-refractivity contribution in [3.05, 3.63) is 0 Å². The third-order valence-corrected chi connectivity index (χ3v) is 5.67. The fourth-order valence-electron chi connectivity index (χ4n) is 2.67. The number of nitrogens with zero attached hydrogens (tertiary/aromatic N) is 3. The zero-order valence-corrected chi connectivity index (χ0v) is 12.7. The van der Waals surface area contributed by atoms with E-state index in [4.69, 9.17) is 0 Å². The summed E-state index contributed by atoms with van der Waals surface area (Å²) in [6.45, 7) is 5.43. The molecule has 20 heavy (non-hydrogen) atoms. The Morgan fingerprint density at radius 1 is 1.20 bits per heavy atom. The van der Waals surface area contributed by atoms with E-state index < -0.39 is 10.0 Å². The van der Waals surface area contributed by atoms with Crippen LogP contribution in [0.2, 0.25) is 0 Å². The molecule has 2 fully saturated rings. The SMILES string of the molecule is CC(O)CN1CCN(C(=O)CN2CCCS2(=O)=O)CC1. The second kappa shape index (κ2) is 6.38. The van der Waals surface area contributed by atoms with Gasteiger partial charge in [0.05, 0.1) is 18.4 Å². The van der Waals surface area contributed by atoms with E-state index in [0.29, 0.717) is 32.6 Å². The Bertz CT molecular complexity index is 444. The van der Waals surface area contributed by atoms with Crippen molar-refractivity contribution in [1.82, 2.24) is 14.1 Å². The molecule has 0 radical (unpaired) electrons. The van der Waals surface area contributed by atoms with Crippen LogP contribution in [0.5, 0.6) is 0 Å². The fraction of sp³-hybridized carbons (Fsp3) is 0.917. The van der Waals surface area contributed by atoms with Crippen LogP contribution < -0.4 is 0 Å². The van der Waals surface area contributed by atoms with Crippen molar-refractivity contribution in [1.29, 1.82) is 0 Å². The molecule has 2 saturated heterocycles. The lowest BCUT2D eigenvalue weighted by Gasteiger charge is -2.35. The molecule has 2 aliphatic rings. The number of hydrogen-bond acceptors (Lipinski definition) is 5. The van der Waals surface area contributed by atoms with Crippen LogP contribution in [0.1, 0.15) is 13.3 Å². The molecule has 8 heteroatoms. The van der Waals surface area contributed by atoms with Gasteiger partial charge < -0.3 is 10.0 Å². The van der Waals surface area contributed by atoms with E-state index in [2.05, 4.69) is 4.90 Å². The number of β-amino-alcohol motifs (C(OH)–C–C–N with tert-alkyl or cyclic N) is 1. The predicted octanol–water partition coefficient (Wildman–Crippen LogP) is -1.45. The number of piperazine rings is 1. The van der Waals surface area contributed by atoms with Crippen LogP contribution in [0.25, 0.3) is 0 Å². The van der Waals surface area contributed by atoms with Crippen molar-refractivity contribution >= 4 is 15.9 Å². The Morgan fingerprint density at radius 2 is 1.85 bits per heavy atom. The maximum Gasteiger partial charge on any atom is 0.237 e. The summed E-state index contributed by atoms with van der Waals surface area (Å²) in [5, 5.41) is 9.33. The van der Waals surface area contributed by atoms with Crippen molar-refractivity contribution in [3.8, 4) is 0 Å². The number of hydrogen-bond donors (Lipinski definition) is 1. The molecule has 2 rings (SSSR count). The van der Waals surface area contributed by atoms with Crippen LogP contribution in [0.15, 0.2) is 0 Å². The van der Waals surface area contributed by atoms with Gasteiger partial charge in [-0.1, -0.05) is 0 Å². The Hall–Kier alpha value is -0.700. The molecule has 1 atom stereocenters. The minimum absolute atomic E-state index is 0.0290. The van der Waals surface area contributed by atoms with Crippen molar-refractivity contribution < 1.29 is 18.3 Å². The molecule has 7 nitrogen and oxygen atoms in total. The quantitative estimate of drug-likeness (QED) is 0.687. The molecular weight excluding hydrogens is 282 g/mol. The average Bonchev–Trinajstić information content (AvgIpc) is 2.69. The summed E-state index contributed by atoms with van der Waals surface area (Å²) in [6, 6.07) is 0. The Balaban J connectivity index is 1.80. The topological polar surface area (TPSA) is 81.2 Å². The highest BCUT2D eigenvalue weighted by Gasteiger charge is 2.32. The molecule has 0 bridgehead atoms. The number of carbonyl (C=O) groups excluding carboxylic acids is 1. The van der Waals surface area contributed by atoms with E-state index in [0.717, 1.165) is 13.1 Å². The second-order valence-corrected chi connectivity index (χ2v) is 7.62. The molecule has 0 aromatic heterocycles. The average molecular weight is 305 g/mol. The van der Waals surface area contributed by atoms with Gasteiger partial charge in [-0.3, -0.25) is 9.69 Å². The Kier molecular flexibility index (Phi) is 5.00. The van der Waals surface area contributed by atoms with Gasteiger partial charge >= 0.3 is 0 Å². The van der Waals surface area contributed by atoms with Gasteiger partial charge in [0.15, 0.2) is 0 Å². The van der Waals surface area contributed by atoms with Gasteiger partial charge in [0, 0.05) is 39.3 Å². The van der Waals surface area contributed by atoms with Crippen molar-refractivity contribution in [2.24, 2.45) is 0 Å². The highest BCUT2D eigenvalue weighted by molar-refractivity contribution is 7.89. The monoisotopic (exact) mass is 305 g/mol. The molecule has 116 valence electrons. The summed E-state index contributed by atoms with van der Waals surface area (Å²) in [5.41, 5.74) is 0. The van der Waals surface area contributed by atoms with Crippen LogP contribution in [0, 0.1) is 0 Å². The normalized spacial score (nSPS) is 25.8. The molecule has 0 aromatic rings. The first-order valence-electron chi connectivity index (χ1n) is 7.04. The molecule has 1 amide bonds. The largest absolute Gasteiger partial charge is 0.392 e. The molecule has 0 saturated carbocycles. The van der Waals surface area contributed by atoms with Gasteiger partial charge in [0.2, 0.25) is 15.9 Å². The predicted molar refractivity (Wildman–Crippen MR) is 74.7 cm³/mol. The maximum absolute atomic E-state index is 12.1. The van der Waals surface area contributed by atoms with E-state index in [1.807, 2.05) is 0 Å². The molecule has 1 unspecified atom stereocenters.